The van der Waals surface area contributed by atoms with E-state index in [-0.39, 0.29) is 22.3 Å². The Morgan fingerprint density at radius 1 is 0.426 bits per heavy atom. The van der Waals surface area contributed by atoms with Crippen molar-refractivity contribution in [2.24, 2.45) is 0 Å². The molecule has 47 heavy (non-hydrogen) atoms. The lowest BCUT2D eigenvalue weighted by atomic mass is 9.12. The number of hydrogen-bond donors (Lipinski definition) is 1. The molecule has 246 valence electrons. The molecule has 1 N–H and O–H groups in total. The monoisotopic (exact) mass is 655 g/mol. The third-order valence-corrected chi connectivity index (χ3v) is 8.38. The molecule has 0 bridgehead atoms. The van der Waals surface area contributed by atoms with Crippen LogP contribution in [0.15, 0.2) is 78.9 Å². The van der Waals surface area contributed by atoms with Gasteiger partial charge in [-0.2, -0.15) is 21.9 Å². The molecule has 0 saturated carbocycles. The minimum Gasteiger partial charge on any atom is -0.336 e. The molecule has 0 radical (unpaired) electrons. The van der Waals surface area contributed by atoms with Gasteiger partial charge in [0.1, 0.15) is 36.0 Å². The summed E-state index contributed by atoms with van der Waals surface area (Å²) in [6.45, 7) is 6.18. The van der Waals surface area contributed by atoms with Crippen LogP contribution in [-0.2, 0) is 6.54 Å². The zero-order valence-electron chi connectivity index (χ0n) is 26.8. The lowest BCUT2D eigenvalue weighted by Gasteiger charge is -2.45. The molecule has 0 spiro atoms. The van der Waals surface area contributed by atoms with Crippen LogP contribution >= 0.6 is 0 Å². The molecule has 0 aromatic heterocycles. The summed E-state index contributed by atoms with van der Waals surface area (Å²) < 4.78 is 120. The lowest BCUT2D eigenvalue weighted by Crippen LogP contribution is -3.04. The summed E-state index contributed by atoms with van der Waals surface area (Å²) in [6, 6.07) is 16.4. The Morgan fingerprint density at radius 3 is 0.957 bits per heavy atom. The quantitative estimate of drug-likeness (QED) is 0.176. The highest BCUT2D eigenvalue weighted by molar-refractivity contribution is 7.20. The average molecular weight is 655 g/mol. The van der Waals surface area contributed by atoms with Gasteiger partial charge in [0, 0.05) is 29.8 Å². The largest absolute Gasteiger partial charge is 0.336 e. The smallest absolute Gasteiger partial charge is 0.128 e. The van der Waals surface area contributed by atoms with E-state index in [9.17, 15) is 17.6 Å². The van der Waals surface area contributed by atoms with E-state index in [1.807, 2.05) is 0 Å². The van der Waals surface area contributed by atoms with Crippen molar-refractivity contribution < 1.29 is 40.0 Å². The molecule has 5 aromatic carbocycles. The number of rotatable bonds is 6. The van der Waals surface area contributed by atoms with Crippen molar-refractivity contribution in [2.75, 3.05) is 14.1 Å². The van der Waals surface area contributed by atoms with Crippen LogP contribution in [0.1, 0.15) is 27.8 Å². The van der Waals surface area contributed by atoms with Crippen LogP contribution in [0.5, 0.6) is 0 Å². The Bertz CT molecular complexity index is 1690. The summed E-state index contributed by atoms with van der Waals surface area (Å²) in [5, 5.41) is 0. The number of aryl methyl sites for hydroxylation is 4. The van der Waals surface area contributed by atoms with Crippen molar-refractivity contribution in [2.45, 2.75) is 34.2 Å². The van der Waals surface area contributed by atoms with Crippen molar-refractivity contribution in [3.8, 4) is 0 Å². The van der Waals surface area contributed by atoms with E-state index < -0.39 is 74.5 Å². The van der Waals surface area contributed by atoms with Gasteiger partial charge in [0.15, 0.2) is 0 Å². The summed E-state index contributed by atoms with van der Waals surface area (Å²) in [5.74, 6) is -9.05. The SMILES string of the molecule is C[NH+](C)Cc1ccccc1.Cc1cc([B-](c2cc(C)c(F)cc2F)(c2cc(C)c(F)cc2F)c2cc(C)c(F)cc2F)c(F)cc1F. The van der Waals surface area contributed by atoms with Crippen LogP contribution < -0.4 is 26.8 Å². The van der Waals surface area contributed by atoms with Crippen molar-refractivity contribution >= 4 is 28.0 Å². The molecule has 0 aliphatic rings. The molecule has 10 heteroatoms. The van der Waals surface area contributed by atoms with E-state index in [1.54, 1.807) is 0 Å². The molecule has 5 rings (SSSR count). The number of quaternary nitrogens is 1. The van der Waals surface area contributed by atoms with Gasteiger partial charge in [0.25, 0.3) is 0 Å². The molecule has 0 unspecified atom stereocenters. The highest BCUT2D eigenvalue weighted by Crippen LogP contribution is 2.22. The van der Waals surface area contributed by atoms with E-state index in [0.717, 1.165) is 30.8 Å². The average Bonchev–Trinajstić information content (AvgIpc) is 2.99. The van der Waals surface area contributed by atoms with Crippen LogP contribution in [0.25, 0.3) is 0 Å². The van der Waals surface area contributed by atoms with Gasteiger partial charge >= 0.3 is 0 Å². The summed E-state index contributed by atoms with van der Waals surface area (Å²) >= 11 is 0. The van der Waals surface area contributed by atoms with Crippen molar-refractivity contribution in [1.29, 1.82) is 0 Å². The second-order valence-corrected chi connectivity index (χ2v) is 12.2. The van der Waals surface area contributed by atoms with E-state index >= 15 is 17.6 Å². The lowest BCUT2D eigenvalue weighted by molar-refractivity contribution is -0.872. The van der Waals surface area contributed by atoms with Crippen LogP contribution in [0.2, 0.25) is 0 Å². The van der Waals surface area contributed by atoms with Gasteiger partial charge in [-0.25, -0.2) is 35.1 Å². The van der Waals surface area contributed by atoms with Crippen LogP contribution in [0, 0.1) is 74.2 Å². The fourth-order valence-electron chi connectivity index (χ4n) is 6.05. The first-order chi connectivity index (χ1) is 22.1. The maximum atomic E-state index is 15.7. The zero-order valence-corrected chi connectivity index (χ0v) is 26.8. The molecular formula is C37H34BF8N. The molecule has 5 aromatic rings. The van der Waals surface area contributed by atoms with E-state index in [1.165, 1.54) is 38.2 Å². The minimum absolute atomic E-state index is 0.139. The first-order valence-electron chi connectivity index (χ1n) is 14.9. The Kier molecular flexibility index (Phi) is 10.7. The molecule has 0 aliphatic heterocycles. The standard InChI is InChI=1S/C28H20BF8.C9H13N/c1-13-5-17(25(34)9-21(13)30)29(18-6-14(2)22(31)10-26(18)35,19-7-15(3)23(32)11-27(19)36)20-8-16(4)24(33)12-28(20)37;1-10(2)8-9-6-4-3-5-7-9/h5-12H,1-4H3;3-7H,8H2,1-2H3/q-1;/p+1. The Labute approximate surface area is 269 Å². The minimum atomic E-state index is -3.62. The molecular weight excluding hydrogens is 621 g/mol. The van der Waals surface area contributed by atoms with Gasteiger partial charge in [0.2, 0.25) is 0 Å². The normalized spacial score (nSPS) is 11.5. The van der Waals surface area contributed by atoms with Crippen LogP contribution in [0.4, 0.5) is 35.1 Å². The highest BCUT2D eigenvalue weighted by atomic mass is 19.2. The molecule has 1 nitrogen and oxygen atoms in total. The van der Waals surface area contributed by atoms with Crippen LogP contribution in [0.3, 0.4) is 0 Å². The van der Waals surface area contributed by atoms with Crippen LogP contribution in [-0.4, -0.2) is 20.2 Å². The number of nitrogens with one attached hydrogen (secondary N) is 1. The fourth-order valence-corrected chi connectivity index (χ4v) is 6.05. The third-order valence-electron chi connectivity index (χ3n) is 8.38. The number of halogens is 8. The Hall–Kier alpha value is -4.44. The highest BCUT2D eigenvalue weighted by Gasteiger charge is 2.41. The predicted molar refractivity (Wildman–Crippen MR) is 172 cm³/mol. The summed E-state index contributed by atoms with van der Waals surface area (Å²) in [4.78, 5) is 1.46. The predicted octanol–water partition coefficient (Wildman–Crippen LogP) is 5.74. The molecule has 0 saturated heterocycles. The first kappa shape index (κ1) is 35.4. The molecule has 0 aliphatic carbocycles. The maximum absolute atomic E-state index is 15.7. The van der Waals surface area contributed by atoms with Crippen molar-refractivity contribution in [3.63, 3.8) is 0 Å². The van der Waals surface area contributed by atoms with Gasteiger partial charge in [-0.05, 0) is 49.9 Å². The molecule has 0 amide bonds. The Balaban J connectivity index is 0.000000427. The van der Waals surface area contributed by atoms with E-state index in [0.29, 0.717) is 24.3 Å². The Morgan fingerprint density at radius 2 is 0.702 bits per heavy atom. The second-order valence-electron chi connectivity index (χ2n) is 12.2. The molecule has 0 fully saturated rings. The van der Waals surface area contributed by atoms with Gasteiger partial charge in [0.05, 0.1) is 37.4 Å². The van der Waals surface area contributed by atoms with Crippen molar-refractivity contribution in [3.05, 3.63) is 153 Å². The maximum Gasteiger partial charge on any atom is 0.128 e. The van der Waals surface area contributed by atoms with Gasteiger partial charge in [-0.1, -0.05) is 54.6 Å². The fraction of sp³-hybridized carbons (Fsp3) is 0.189. The number of hydrogen-bond acceptors (Lipinski definition) is 0. The summed E-state index contributed by atoms with van der Waals surface area (Å²) in [5.41, 5.74) is -1.32. The topological polar surface area (TPSA) is 4.44 Å². The van der Waals surface area contributed by atoms with Gasteiger partial charge in [-0.15, -0.1) is 0 Å². The van der Waals surface area contributed by atoms with E-state index in [4.69, 9.17) is 0 Å². The first-order valence-corrected chi connectivity index (χ1v) is 14.9. The second kappa shape index (κ2) is 14.1. The number of benzene rings is 5. The van der Waals surface area contributed by atoms with E-state index in [2.05, 4.69) is 44.4 Å². The molecule has 0 heterocycles. The van der Waals surface area contributed by atoms with Gasteiger partial charge < -0.3 is 4.90 Å². The summed E-state index contributed by atoms with van der Waals surface area (Å²) in [7, 11) is 4.32. The van der Waals surface area contributed by atoms with Gasteiger partial charge in [-0.3, -0.25) is 0 Å². The zero-order chi connectivity index (χ0) is 34.8. The molecule has 0 atom stereocenters. The summed E-state index contributed by atoms with van der Waals surface area (Å²) in [6.07, 6.45) is -3.62. The van der Waals surface area contributed by atoms with Crippen molar-refractivity contribution in [1.82, 2.24) is 0 Å². The third kappa shape index (κ3) is 7.12.